The van der Waals surface area contributed by atoms with Crippen LogP contribution in [0.3, 0.4) is 0 Å². The van der Waals surface area contributed by atoms with Crippen molar-refractivity contribution in [3.63, 3.8) is 0 Å². The van der Waals surface area contributed by atoms with Crippen LogP contribution in [0.2, 0.25) is 0 Å². The summed E-state index contributed by atoms with van der Waals surface area (Å²) in [4.78, 5) is 11.6. The third-order valence-electron chi connectivity index (χ3n) is 3.33. The van der Waals surface area contributed by atoms with Crippen LogP contribution in [-0.4, -0.2) is 37.2 Å². The molecule has 0 aromatic heterocycles. The Kier molecular flexibility index (Phi) is 2.98. The molecule has 0 bridgehead atoms. The Morgan fingerprint density at radius 3 is 2.93 bits per heavy atom. The van der Waals surface area contributed by atoms with Crippen molar-refractivity contribution in [2.75, 3.05) is 19.8 Å². The van der Waals surface area contributed by atoms with Gasteiger partial charge in [-0.1, -0.05) is 13.8 Å². The SMILES string of the molecule is CC(C)[C@@H]1NC2(CCCOC2)CNC1=O. The molecule has 2 saturated heterocycles. The van der Waals surface area contributed by atoms with Crippen LogP contribution >= 0.6 is 0 Å². The summed E-state index contributed by atoms with van der Waals surface area (Å²) < 4.78 is 5.51. The number of nitrogens with one attached hydrogen (secondary N) is 2. The van der Waals surface area contributed by atoms with Gasteiger partial charge in [0.05, 0.1) is 18.2 Å². The van der Waals surface area contributed by atoms with Crippen LogP contribution in [0.25, 0.3) is 0 Å². The highest BCUT2D eigenvalue weighted by molar-refractivity contribution is 5.83. The predicted molar refractivity (Wildman–Crippen MR) is 57.6 cm³/mol. The lowest BCUT2D eigenvalue weighted by molar-refractivity contribution is -0.129. The van der Waals surface area contributed by atoms with Crippen LogP contribution in [0.5, 0.6) is 0 Å². The summed E-state index contributed by atoms with van der Waals surface area (Å²) in [5, 5.41) is 6.47. The van der Waals surface area contributed by atoms with Crippen LogP contribution < -0.4 is 10.6 Å². The van der Waals surface area contributed by atoms with Gasteiger partial charge < -0.3 is 10.1 Å². The van der Waals surface area contributed by atoms with E-state index in [2.05, 4.69) is 24.5 Å². The third kappa shape index (κ3) is 2.16. The molecule has 4 heteroatoms. The normalized spacial score (nSPS) is 37.0. The minimum atomic E-state index is -0.0690. The average Bonchev–Trinajstić information content (AvgIpc) is 2.23. The maximum absolute atomic E-state index is 11.6. The van der Waals surface area contributed by atoms with E-state index in [1.807, 2.05) is 0 Å². The Labute approximate surface area is 90.8 Å². The summed E-state index contributed by atoms with van der Waals surface area (Å²) in [5.74, 6) is 0.449. The Hall–Kier alpha value is -0.610. The van der Waals surface area contributed by atoms with E-state index in [1.54, 1.807) is 0 Å². The zero-order chi connectivity index (χ0) is 10.9. The van der Waals surface area contributed by atoms with E-state index in [0.717, 1.165) is 26.1 Å². The maximum Gasteiger partial charge on any atom is 0.237 e. The van der Waals surface area contributed by atoms with Gasteiger partial charge >= 0.3 is 0 Å². The van der Waals surface area contributed by atoms with Crippen molar-refractivity contribution in [2.24, 2.45) is 5.92 Å². The van der Waals surface area contributed by atoms with Gasteiger partial charge in [-0.05, 0) is 18.8 Å². The first-order chi connectivity index (χ1) is 7.13. The van der Waals surface area contributed by atoms with Crippen molar-refractivity contribution in [1.82, 2.24) is 10.6 Å². The molecule has 1 spiro atoms. The van der Waals surface area contributed by atoms with Gasteiger partial charge in [0.2, 0.25) is 5.91 Å². The van der Waals surface area contributed by atoms with Crippen LogP contribution in [0.1, 0.15) is 26.7 Å². The number of piperazine rings is 1. The molecule has 2 atom stereocenters. The molecule has 2 heterocycles. The van der Waals surface area contributed by atoms with Gasteiger partial charge in [-0.2, -0.15) is 0 Å². The first kappa shape index (κ1) is 10.9. The van der Waals surface area contributed by atoms with Gasteiger partial charge in [-0.3, -0.25) is 10.1 Å². The fourth-order valence-electron chi connectivity index (χ4n) is 2.39. The number of rotatable bonds is 1. The summed E-state index contributed by atoms with van der Waals surface area (Å²) >= 11 is 0. The average molecular weight is 212 g/mol. The van der Waals surface area contributed by atoms with E-state index >= 15 is 0 Å². The third-order valence-corrected chi connectivity index (χ3v) is 3.33. The molecule has 2 fully saturated rings. The van der Waals surface area contributed by atoms with E-state index in [-0.39, 0.29) is 17.5 Å². The molecule has 15 heavy (non-hydrogen) atoms. The second-order valence-electron chi connectivity index (χ2n) is 5.02. The summed E-state index contributed by atoms with van der Waals surface area (Å²) in [7, 11) is 0. The van der Waals surface area contributed by atoms with Crippen LogP contribution in [0.4, 0.5) is 0 Å². The molecule has 2 aliphatic heterocycles. The van der Waals surface area contributed by atoms with Gasteiger partial charge in [0.15, 0.2) is 0 Å². The topological polar surface area (TPSA) is 50.4 Å². The van der Waals surface area contributed by atoms with Crippen LogP contribution in [0.15, 0.2) is 0 Å². The fraction of sp³-hybridized carbons (Fsp3) is 0.909. The monoisotopic (exact) mass is 212 g/mol. The first-order valence-corrected chi connectivity index (χ1v) is 5.76. The minimum absolute atomic E-state index is 0.0128. The second-order valence-corrected chi connectivity index (χ2v) is 5.02. The molecule has 4 nitrogen and oxygen atoms in total. The molecule has 0 saturated carbocycles. The predicted octanol–water partition coefficient (Wildman–Crippen LogP) is 0.280. The molecule has 0 aromatic rings. The molecule has 2 aliphatic rings. The lowest BCUT2D eigenvalue weighted by Gasteiger charge is -2.45. The highest BCUT2D eigenvalue weighted by atomic mass is 16.5. The highest BCUT2D eigenvalue weighted by Crippen LogP contribution is 2.23. The lowest BCUT2D eigenvalue weighted by atomic mass is 9.86. The number of hydrogen-bond acceptors (Lipinski definition) is 3. The molecule has 0 aliphatic carbocycles. The van der Waals surface area contributed by atoms with E-state index in [9.17, 15) is 4.79 Å². The van der Waals surface area contributed by atoms with Crippen molar-refractivity contribution in [1.29, 1.82) is 0 Å². The van der Waals surface area contributed by atoms with Crippen LogP contribution in [0, 0.1) is 5.92 Å². The van der Waals surface area contributed by atoms with Crippen molar-refractivity contribution in [3.05, 3.63) is 0 Å². The lowest BCUT2D eigenvalue weighted by Crippen LogP contribution is -2.70. The first-order valence-electron chi connectivity index (χ1n) is 5.76. The van der Waals surface area contributed by atoms with E-state index in [1.165, 1.54) is 0 Å². The van der Waals surface area contributed by atoms with Gasteiger partial charge in [0, 0.05) is 13.2 Å². The Morgan fingerprint density at radius 1 is 1.53 bits per heavy atom. The van der Waals surface area contributed by atoms with Crippen molar-refractivity contribution < 1.29 is 9.53 Å². The van der Waals surface area contributed by atoms with E-state index in [4.69, 9.17) is 4.74 Å². The Balaban J connectivity index is 2.06. The van der Waals surface area contributed by atoms with Crippen LogP contribution in [-0.2, 0) is 9.53 Å². The Bertz CT molecular complexity index is 247. The van der Waals surface area contributed by atoms with Gasteiger partial charge in [-0.25, -0.2) is 0 Å². The second kappa shape index (κ2) is 4.10. The van der Waals surface area contributed by atoms with Gasteiger partial charge in [0.1, 0.15) is 0 Å². The number of carbonyl (C=O) groups is 1. The van der Waals surface area contributed by atoms with Crippen molar-refractivity contribution in [3.8, 4) is 0 Å². The highest BCUT2D eigenvalue weighted by Gasteiger charge is 2.41. The molecule has 1 amide bonds. The van der Waals surface area contributed by atoms with Gasteiger partial charge in [-0.15, -0.1) is 0 Å². The largest absolute Gasteiger partial charge is 0.379 e. The number of amides is 1. The molecular formula is C11H20N2O2. The summed E-state index contributed by atoms with van der Waals surface area (Å²) in [6, 6.07) is -0.0690. The molecular weight excluding hydrogens is 192 g/mol. The fourth-order valence-corrected chi connectivity index (χ4v) is 2.39. The standard InChI is InChI=1S/C11H20N2O2/c1-8(2)9-10(14)12-6-11(13-9)4-3-5-15-7-11/h8-9,13H,3-7H2,1-2H3,(H,12,14)/t9-,11?/m0/s1. The van der Waals surface area contributed by atoms with E-state index < -0.39 is 0 Å². The molecule has 0 radical (unpaired) electrons. The molecule has 2 N–H and O–H groups in total. The maximum atomic E-state index is 11.6. The minimum Gasteiger partial charge on any atom is -0.379 e. The van der Waals surface area contributed by atoms with Crippen molar-refractivity contribution in [2.45, 2.75) is 38.3 Å². The molecule has 0 aromatic carbocycles. The molecule has 86 valence electrons. The summed E-state index contributed by atoms with van der Waals surface area (Å²) in [6.45, 7) is 6.41. The smallest absolute Gasteiger partial charge is 0.237 e. The molecule has 2 rings (SSSR count). The van der Waals surface area contributed by atoms with E-state index in [0.29, 0.717) is 12.5 Å². The molecule has 1 unspecified atom stereocenters. The number of ether oxygens (including phenoxy) is 1. The van der Waals surface area contributed by atoms with Crippen molar-refractivity contribution >= 4 is 5.91 Å². The summed E-state index contributed by atoms with van der Waals surface area (Å²) in [5.41, 5.74) is -0.0128. The number of hydrogen-bond donors (Lipinski definition) is 2. The Morgan fingerprint density at radius 2 is 2.33 bits per heavy atom. The zero-order valence-electron chi connectivity index (χ0n) is 9.51. The van der Waals surface area contributed by atoms with Gasteiger partial charge in [0.25, 0.3) is 0 Å². The summed E-state index contributed by atoms with van der Waals surface area (Å²) in [6.07, 6.45) is 2.17. The zero-order valence-corrected chi connectivity index (χ0v) is 9.51. The number of carbonyl (C=O) groups excluding carboxylic acids is 1. The quantitative estimate of drug-likeness (QED) is 0.656.